The molecule has 0 unspecified atom stereocenters. The topological polar surface area (TPSA) is 86.7 Å². The molecule has 2 N–H and O–H groups in total. The van der Waals surface area contributed by atoms with Crippen molar-refractivity contribution in [2.45, 2.75) is 31.6 Å². The Morgan fingerprint density at radius 1 is 1.00 bits per heavy atom. The van der Waals surface area contributed by atoms with E-state index < -0.39 is 41.3 Å². The van der Waals surface area contributed by atoms with Crippen molar-refractivity contribution in [2.75, 3.05) is 13.1 Å². The van der Waals surface area contributed by atoms with Crippen LogP contribution in [0, 0.1) is 0 Å². The van der Waals surface area contributed by atoms with Gasteiger partial charge in [-0.2, -0.15) is 26.3 Å². The smallest absolute Gasteiger partial charge is 0.416 e. The van der Waals surface area contributed by atoms with Crippen molar-refractivity contribution in [1.29, 1.82) is 0 Å². The number of aliphatic carboxylic acids is 1. The van der Waals surface area contributed by atoms with Gasteiger partial charge in [0, 0.05) is 30.8 Å². The number of thiophene rings is 1. The van der Waals surface area contributed by atoms with E-state index in [0.29, 0.717) is 17.0 Å². The highest BCUT2D eigenvalue weighted by molar-refractivity contribution is 8.26. The number of hydrogen-bond acceptors (Lipinski definition) is 6. The van der Waals surface area contributed by atoms with Gasteiger partial charge in [0.05, 0.1) is 16.0 Å². The Kier molecular flexibility index (Phi) is 9.26. The molecule has 1 saturated heterocycles. The third kappa shape index (κ3) is 7.80. The van der Waals surface area contributed by atoms with E-state index in [9.17, 15) is 40.7 Å². The van der Waals surface area contributed by atoms with E-state index in [1.54, 1.807) is 0 Å². The molecule has 6 nitrogen and oxygen atoms in total. The molecule has 0 atom stereocenters. The number of hydrogen-bond donors (Lipinski definition) is 2. The minimum absolute atomic E-state index is 0.0209. The molecule has 38 heavy (non-hydrogen) atoms. The lowest BCUT2D eigenvalue weighted by atomic mass is 10.0. The summed E-state index contributed by atoms with van der Waals surface area (Å²) in [5.41, 5.74) is -3.01. The summed E-state index contributed by atoms with van der Waals surface area (Å²) in [6, 6.07) is 2.69. The van der Waals surface area contributed by atoms with Crippen LogP contribution in [0.4, 0.5) is 26.3 Å². The number of nitrogens with zero attached hydrogens (tertiary/aromatic N) is 1. The van der Waals surface area contributed by atoms with Gasteiger partial charge in [0.25, 0.3) is 5.91 Å². The number of thiocarbonyl (C=S) groups is 1. The van der Waals surface area contributed by atoms with Crippen LogP contribution in [0.25, 0.3) is 17.2 Å². The molecule has 0 bridgehead atoms. The minimum atomic E-state index is -4.97. The van der Waals surface area contributed by atoms with Crippen LogP contribution in [-0.2, 0) is 26.7 Å². The molecule has 1 aromatic carbocycles. The van der Waals surface area contributed by atoms with Gasteiger partial charge in [0.1, 0.15) is 4.32 Å². The Morgan fingerprint density at radius 2 is 1.63 bits per heavy atom. The fourth-order valence-corrected chi connectivity index (χ4v) is 5.51. The zero-order valence-corrected chi connectivity index (χ0v) is 21.6. The number of carbonyl (C=O) groups excluding carboxylic acids is 2. The largest absolute Gasteiger partial charge is 0.481 e. The van der Waals surface area contributed by atoms with E-state index in [2.05, 4.69) is 5.32 Å². The SMILES string of the molecule is O=C(O)CCCNC(=O)CCN1C(=O)C(=Cc2cc(-c3cc(C(F)(F)F)cc(C(F)(F)F)c3)cs2)SC1=S. The number of nitrogens with one attached hydrogen (secondary N) is 1. The summed E-state index contributed by atoms with van der Waals surface area (Å²) in [6.07, 6.45) is -8.44. The van der Waals surface area contributed by atoms with E-state index in [1.807, 2.05) is 0 Å². The third-order valence-electron chi connectivity index (χ3n) is 5.14. The van der Waals surface area contributed by atoms with Gasteiger partial charge in [0.15, 0.2) is 0 Å². The number of carbonyl (C=O) groups is 3. The van der Waals surface area contributed by atoms with Gasteiger partial charge in [-0.3, -0.25) is 19.3 Å². The van der Waals surface area contributed by atoms with Gasteiger partial charge >= 0.3 is 18.3 Å². The summed E-state index contributed by atoms with van der Waals surface area (Å²) < 4.78 is 79.3. The normalized spacial score (nSPS) is 15.4. The minimum Gasteiger partial charge on any atom is -0.481 e. The quantitative estimate of drug-likeness (QED) is 0.159. The lowest BCUT2D eigenvalue weighted by Crippen LogP contribution is -2.33. The lowest BCUT2D eigenvalue weighted by Gasteiger charge is -2.14. The molecular formula is C23H18F6N2O4S3. The summed E-state index contributed by atoms with van der Waals surface area (Å²) in [5.74, 6) is -1.87. The molecule has 0 spiro atoms. The second-order valence-corrected chi connectivity index (χ2v) is 10.6. The average Bonchev–Trinajstić information content (AvgIpc) is 3.38. The van der Waals surface area contributed by atoms with Crippen molar-refractivity contribution in [1.82, 2.24) is 10.2 Å². The summed E-state index contributed by atoms with van der Waals surface area (Å²) >= 11 is 7.17. The predicted molar refractivity (Wildman–Crippen MR) is 134 cm³/mol. The first kappa shape index (κ1) is 29.6. The van der Waals surface area contributed by atoms with Crippen molar-refractivity contribution in [3.8, 4) is 11.1 Å². The van der Waals surface area contributed by atoms with E-state index in [-0.39, 0.29) is 58.8 Å². The predicted octanol–water partition coefficient (Wildman–Crippen LogP) is 6.03. The van der Waals surface area contributed by atoms with E-state index in [0.717, 1.165) is 23.1 Å². The first-order chi connectivity index (χ1) is 17.6. The van der Waals surface area contributed by atoms with Crippen LogP contribution >= 0.6 is 35.3 Å². The van der Waals surface area contributed by atoms with Gasteiger partial charge in [0.2, 0.25) is 5.91 Å². The maximum Gasteiger partial charge on any atom is 0.416 e. The Bertz CT molecular complexity index is 1250. The highest BCUT2D eigenvalue weighted by Gasteiger charge is 2.37. The number of alkyl halides is 6. The molecule has 1 aliphatic heterocycles. The fourth-order valence-electron chi connectivity index (χ4n) is 3.29. The number of benzene rings is 1. The Hall–Kier alpha value is -2.91. The highest BCUT2D eigenvalue weighted by atomic mass is 32.2. The van der Waals surface area contributed by atoms with Crippen LogP contribution in [-0.4, -0.2) is 45.2 Å². The zero-order chi connectivity index (χ0) is 28.3. The van der Waals surface area contributed by atoms with Crippen molar-refractivity contribution in [2.24, 2.45) is 0 Å². The first-order valence-electron chi connectivity index (χ1n) is 10.8. The second kappa shape index (κ2) is 11.9. The molecule has 0 aliphatic carbocycles. The number of amides is 2. The van der Waals surface area contributed by atoms with Gasteiger partial charge in [-0.25, -0.2) is 0 Å². The fraction of sp³-hybridized carbons (Fsp3) is 0.304. The van der Waals surface area contributed by atoms with E-state index in [4.69, 9.17) is 17.3 Å². The summed E-state index contributed by atoms with van der Waals surface area (Å²) in [5, 5.41) is 12.5. The van der Waals surface area contributed by atoms with Gasteiger partial charge < -0.3 is 10.4 Å². The summed E-state index contributed by atoms with van der Waals surface area (Å²) in [7, 11) is 0. The van der Waals surface area contributed by atoms with Crippen molar-refractivity contribution >= 4 is 63.5 Å². The molecule has 0 saturated carbocycles. The van der Waals surface area contributed by atoms with E-state index in [1.165, 1.54) is 22.4 Å². The monoisotopic (exact) mass is 596 g/mol. The Balaban J connectivity index is 1.71. The molecule has 2 amide bonds. The molecular weight excluding hydrogens is 578 g/mol. The van der Waals surface area contributed by atoms with Crippen LogP contribution in [0.5, 0.6) is 0 Å². The van der Waals surface area contributed by atoms with Gasteiger partial charge in [-0.1, -0.05) is 24.0 Å². The van der Waals surface area contributed by atoms with E-state index >= 15 is 0 Å². The maximum absolute atomic E-state index is 13.2. The maximum atomic E-state index is 13.2. The van der Waals surface area contributed by atoms with Crippen LogP contribution in [0.15, 0.2) is 34.6 Å². The number of rotatable bonds is 9. The molecule has 1 aliphatic rings. The van der Waals surface area contributed by atoms with Gasteiger partial charge in [-0.05, 0) is 53.3 Å². The van der Waals surface area contributed by atoms with Gasteiger partial charge in [-0.15, -0.1) is 11.3 Å². The summed E-state index contributed by atoms with van der Waals surface area (Å²) in [4.78, 5) is 37.0. The second-order valence-electron chi connectivity index (χ2n) is 7.96. The van der Waals surface area contributed by atoms with Crippen LogP contribution in [0.2, 0.25) is 0 Å². The molecule has 1 aromatic heterocycles. The van der Waals surface area contributed by atoms with Crippen molar-refractivity contribution < 1.29 is 45.8 Å². The third-order valence-corrected chi connectivity index (χ3v) is 7.40. The first-order valence-corrected chi connectivity index (χ1v) is 12.9. The Morgan fingerprint density at radius 3 is 2.21 bits per heavy atom. The highest BCUT2D eigenvalue weighted by Crippen LogP contribution is 2.40. The Labute approximate surface area is 225 Å². The van der Waals surface area contributed by atoms with Crippen LogP contribution in [0.1, 0.15) is 35.3 Å². The standard InChI is InChI=1S/C23H18F6N2O4S3/c24-22(25,26)14-6-12(7-15(9-14)23(27,28)29)13-8-16(37-11-13)10-17-20(35)31(21(36)38-17)5-3-18(32)30-4-1-2-19(33)34/h6-11H,1-5H2,(H,30,32)(H,33,34). The molecule has 204 valence electrons. The molecule has 2 aromatic rings. The molecule has 15 heteroatoms. The molecule has 1 fully saturated rings. The number of halogens is 6. The molecule has 0 radical (unpaired) electrons. The number of thioether (sulfide) groups is 1. The lowest BCUT2D eigenvalue weighted by molar-refractivity contribution is -0.143. The van der Waals surface area contributed by atoms with Crippen LogP contribution in [0.3, 0.4) is 0 Å². The van der Waals surface area contributed by atoms with Crippen LogP contribution < -0.4 is 5.32 Å². The number of carboxylic acids is 1. The molecule has 2 heterocycles. The zero-order valence-electron chi connectivity index (χ0n) is 19.1. The summed E-state index contributed by atoms with van der Waals surface area (Å²) in [6.45, 7) is 0.146. The number of carboxylic acid groups (broad SMARTS) is 1. The average molecular weight is 597 g/mol. The van der Waals surface area contributed by atoms with Crippen molar-refractivity contribution in [3.05, 3.63) is 50.6 Å². The molecule has 3 rings (SSSR count). The van der Waals surface area contributed by atoms with Crippen molar-refractivity contribution in [3.63, 3.8) is 0 Å².